The molecule has 1 N–H and O–H groups in total. The van der Waals surface area contributed by atoms with Crippen molar-refractivity contribution in [3.05, 3.63) is 72.3 Å². The molecule has 0 spiro atoms. The Morgan fingerprint density at radius 3 is 2.60 bits per heavy atom. The third-order valence-corrected chi connectivity index (χ3v) is 4.99. The number of thioether (sulfide) groups is 1. The maximum atomic E-state index is 12.1. The minimum atomic E-state index is 0.0491. The Bertz CT molecular complexity index is 863. The Balaban J connectivity index is 1.47. The Labute approximate surface area is 152 Å². The summed E-state index contributed by atoms with van der Waals surface area (Å²) in [5.74, 6) is 1.33. The van der Waals surface area contributed by atoms with Crippen LogP contribution in [0.3, 0.4) is 0 Å². The standard InChI is InChI=1S/C21H21NO2S/c1-24-20-9-5-4-7-17(20)12-13-22-21(23)15-25-19-11-10-16-6-2-3-8-18(16)14-19/h2-11,14H,12-13,15H2,1H3,(H,22,23). The Hall–Kier alpha value is -2.46. The van der Waals surface area contributed by atoms with Gasteiger partial charge in [-0.15, -0.1) is 11.8 Å². The largest absolute Gasteiger partial charge is 0.496 e. The van der Waals surface area contributed by atoms with Crippen LogP contribution in [0.4, 0.5) is 0 Å². The molecule has 3 rings (SSSR count). The van der Waals surface area contributed by atoms with Crippen LogP contribution in [0.2, 0.25) is 0 Å². The van der Waals surface area contributed by atoms with Crippen LogP contribution in [0.25, 0.3) is 10.8 Å². The van der Waals surface area contributed by atoms with Crippen LogP contribution >= 0.6 is 11.8 Å². The van der Waals surface area contributed by atoms with Crippen LogP contribution in [-0.4, -0.2) is 25.3 Å². The molecular formula is C21H21NO2S. The molecule has 0 unspecified atom stereocenters. The molecule has 0 heterocycles. The van der Waals surface area contributed by atoms with E-state index in [1.807, 2.05) is 36.4 Å². The fourth-order valence-corrected chi connectivity index (χ4v) is 3.48. The van der Waals surface area contributed by atoms with Gasteiger partial charge in [0.1, 0.15) is 5.75 Å². The molecular weight excluding hydrogens is 330 g/mol. The highest BCUT2D eigenvalue weighted by molar-refractivity contribution is 8.00. The normalized spacial score (nSPS) is 10.6. The number of hydrogen-bond donors (Lipinski definition) is 1. The van der Waals surface area contributed by atoms with Crippen LogP contribution in [0.5, 0.6) is 5.75 Å². The zero-order valence-electron chi connectivity index (χ0n) is 14.2. The van der Waals surface area contributed by atoms with E-state index in [0.717, 1.165) is 22.6 Å². The fraction of sp³-hybridized carbons (Fsp3) is 0.190. The number of carbonyl (C=O) groups excluding carboxylic acids is 1. The van der Waals surface area contributed by atoms with Gasteiger partial charge in [0.05, 0.1) is 12.9 Å². The summed E-state index contributed by atoms with van der Waals surface area (Å²) >= 11 is 1.56. The summed E-state index contributed by atoms with van der Waals surface area (Å²) < 4.78 is 5.33. The number of amides is 1. The van der Waals surface area contributed by atoms with E-state index in [0.29, 0.717) is 12.3 Å². The molecule has 3 aromatic carbocycles. The highest BCUT2D eigenvalue weighted by atomic mass is 32.2. The highest BCUT2D eigenvalue weighted by Crippen LogP contribution is 2.23. The van der Waals surface area contributed by atoms with Gasteiger partial charge in [-0.25, -0.2) is 0 Å². The summed E-state index contributed by atoms with van der Waals surface area (Å²) in [6.45, 7) is 0.609. The van der Waals surface area contributed by atoms with E-state index in [-0.39, 0.29) is 5.91 Å². The second kappa shape index (κ2) is 8.58. The Kier molecular flexibility index (Phi) is 5.96. The molecule has 0 aliphatic heterocycles. The van der Waals surface area contributed by atoms with Gasteiger partial charge in [-0.3, -0.25) is 4.79 Å². The molecule has 0 aromatic heterocycles. The topological polar surface area (TPSA) is 38.3 Å². The van der Waals surface area contributed by atoms with Crippen molar-refractivity contribution < 1.29 is 9.53 Å². The molecule has 25 heavy (non-hydrogen) atoms. The van der Waals surface area contributed by atoms with Crippen molar-refractivity contribution in [3.8, 4) is 5.75 Å². The molecule has 0 aliphatic rings. The SMILES string of the molecule is COc1ccccc1CCNC(=O)CSc1ccc2ccccc2c1. The number of carbonyl (C=O) groups is 1. The zero-order chi connectivity index (χ0) is 17.5. The van der Waals surface area contributed by atoms with E-state index in [1.54, 1.807) is 18.9 Å². The van der Waals surface area contributed by atoms with E-state index < -0.39 is 0 Å². The van der Waals surface area contributed by atoms with Gasteiger partial charge in [0, 0.05) is 11.4 Å². The first-order valence-corrected chi connectivity index (χ1v) is 9.25. The predicted molar refractivity (Wildman–Crippen MR) is 104 cm³/mol. The maximum absolute atomic E-state index is 12.1. The van der Waals surface area contributed by atoms with Crippen molar-refractivity contribution in [3.63, 3.8) is 0 Å². The minimum absolute atomic E-state index is 0.0491. The van der Waals surface area contributed by atoms with E-state index in [4.69, 9.17) is 4.74 Å². The lowest BCUT2D eigenvalue weighted by Gasteiger charge is -2.09. The van der Waals surface area contributed by atoms with Gasteiger partial charge in [0.15, 0.2) is 0 Å². The molecule has 4 heteroatoms. The van der Waals surface area contributed by atoms with Gasteiger partial charge in [-0.05, 0) is 41.0 Å². The first kappa shape index (κ1) is 17.4. The lowest BCUT2D eigenvalue weighted by Crippen LogP contribution is -2.27. The second-order valence-corrected chi connectivity index (χ2v) is 6.76. The van der Waals surface area contributed by atoms with Crippen LogP contribution in [0, 0.1) is 0 Å². The number of nitrogens with one attached hydrogen (secondary N) is 1. The van der Waals surface area contributed by atoms with Gasteiger partial charge in [-0.1, -0.05) is 48.5 Å². The smallest absolute Gasteiger partial charge is 0.230 e. The van der Waals surface area contributed by atoms with E-state index in [1.165, 1.54) is 10.8 Å². The fourth-order valence-electron chi connectivity index (χ4n) is 2.70. The first-order chi connectivity index (χ1) is 12.3. The van der Waals surface area contributed by atoms with E-state index >= 15 is 0 Å². The zero-order valence-corrected chi connectivity index (χ0v) is 15.0. The average molecular weight is 351 g/mol. The molecule has 0 aliphatic carbocycles. The molecule has 3 aromatic rings. The molecule has 128 valence electrons. The molecule has 1 amide bonds. The van der Waals surface area contributed by atoms with Gasteiger partial charge in [-0.2, -0.15) is 0 Å². The number of hydrogen-bond acceptors (Lipinski definition) is 3. The second-order valence-electron chi connectivity index (χ2n) is 5.71. The van der Waals surface area contributed by atoms with Crippen molar-refractivity contribution in [1.82, 2.24) is 5.32 Å². The third-order valence-electron chi connectivity index (χ3n) is 4.00. The summed E-state index contributed by atoms with van der Waals surface area (Å²) in [4.78, 5) is 13.2. The van der Waals surface area contributed by atoms with Gasteiger partial charge in [0.2, 0.25) is 5.91 Å². The summed E-state index contributed by atoms with van der Waals surface area (Å²) in [5, 5.41) is 5.39. The molecule has 0 atom stereocenters. The van der Waals surface area contributed by atoms with Crippen molar-refractivity contribution in [1.29, 1.82) is 0 Å². The molecule has 0 saturated heterocycles. The summed E-state index contributed by atoms with van der Waals surface area (Å²) in [7, 11) is 1.66. The molecule has 0 saturated carbocycles. The van der Waals surface area contributed by atoms with Gasteiger partial charge < -0.3 is 10.1 Å². The quantitative estimate of drug-likeness (QED) is 0.645. The van der Waals surface area contributed by atoms with Gasteiger partial charge >= 0.3 is 0 Å². The van der Waals surface area contributed by atoms with Crippen LogP contribution in [-0.2, 0) is 11.2 Å². The lowest BCUT2D eigenvalue weighted by atomic mass is 10.1. The summed E-state index contributed by atoms with van der Waals surface area (Å²) in [6.07, 6.45) is 0.760. The monoisotopic (exact) mass is 351 g/mol. The van der Waals surface area contributed by atoms with Crippen molar-refractivity contribution >= 4 is 28.4 Å². The number of rotatable bonds is 7. The predicted octanol–water partition coefficient (Wildman–Crippen LogP) is 4.30. The van der Waals surface area contributed by atoms with Crippen LogP contribution in [0.1, 0.15) is 5.56 Å². The molecule has 0 bridgehead atoms. The third kappa shape index (κ3) is 4.77. The van der Waals surface area contributed by atoms with Crippen molar-refractivity contribution in [2.24, 2.45) is 0 Å². The van der Waals surface area contributed by atoms with Crippen LogP contribution < -0.4 is 10.1 Å². The maximum Gasteiger partial charge on any atom is 0.230 e. The highest BCUT2D eigenvalue weighted by Gasteiger charge is 2.05. The minimum Gasteiger partial charge on any atom is -0.496 e. The number of benzene rings is 3. The molecule has 3 nitrogen and oxygen atoms in total. The number of ether oxygens (including phenoxy) is 1. The Morgan fingerprint density at radius 1 is 1.00 bits per heavy atom. The first-order valence-electron chi connectivity index (χ1n) is 8.26. The van der Waals surface area contributed by atoms with E-state index in [2.05, 4.69) is 35.6 Å². The molecule has 0 fully saturated rings. The number of para-hydroxylation sites is 1. The Morgan fingerprint density at radius 2 is 1.76 bits per heavy atom. The lowest BCUT2D eigenvalue weighted by molar-refractivity contribution is -0.118. The van der Waals surface area contributed by atoms with Crippen LogP contribution in [0.15, 0.2) is 71.6 Å². The molecule has 0 radical (unpaired) electrons. The van der Waals surface area contributed by atoms with Crippen molar-refractivity contribution in [2.75, 3.05) is 19.4 Å². The summed E-state index contributed by atoms with van der Waals surface area (Å²) in [5.41, 5.74) is 1.10. The number of fused-ring (bicyclic) bond motifs is 1. The number of methoxy groups -OCH3 is 1. The van der Waals surface area contributed by atoms with E-state index in [9.17, 15) is 4.79 Å². The van der Waals surface area contributed by atoms with Gasteiger partial charge in [0.25, 0.3) is 0 Å². The summed E-state index contributed by atoms with van der Waals surface area (Å²) in [6, 6.07) is 22.4. The average Bonchev–Trinajstić information content (AvgIpc) is 2.66. The van der Waals surface area contributed by atoms with Crippen molar-refractivity contribution in [2.45, 2.75) is 11.3 Å².